The molecule has 0 unspecified atom stereocenters. The second-order valence-corrected chi connectivity index (χ2v) is 8.57. The van der Waals surface area contributed by atoms with Gasteiger partial charge in [-0.2, -0.15) is 4.31 Å². The minimum Gasteiger partial charge on any atom is -0.488 e. The van der Waals surface area contributed by atoms with Gasteiger partial charge in [0.25, 0.3) is 0 Å². The second-order valence-electron chi connectivity index (χ2n) is 6.63. The van der Waals surface area contributed by atoms with Crippen LogP contribution in [0, 0.1) is 0 Å². The quantitative estimate of drug-likeness (QED) is 0.686. The van der Waals surface area contributed by atoms with Crippen molar-refractivity contribution in [1.82, 2.24) is 9.21 Å². The fourth-order valence-electron chi connectivity index (χ4n) is 2.98. The highest BCUT2D eigenvalue weighted by Crippen LogP contribution is 2.26. The number of benzene rings is 2. The van der Waals surface area contributed by atoms with Crippen LogP contribution in [0.2, 0.25) is 0 Å². The lowest BCUT2D eigenvalue weighted by atomic mass is 10.2. The van der Waals surface area contributed by atoms with Crippen LogP contribution < -0.4 is 4.74 Å². The number of carbonyl (C=O) groups is 1. The predicted octanol–water partition coefficient (Wildman–Crippen LogP) is 1.99. The van der Waals surface area contributed by atoms with E-state index in [1.165, 1.54) is 29.6 Å². The molecule has 0 radical (unpaired) electrons. The third kappa shape index (κ3) is 4.52. The van der Waals surface area contributed by atoms with Crippen molar-refractivity contribution in [2.75, 3.05) is 40.3 Å². The van der Waals surface area contributed by atoms with Gasteiger partial charge in [-0.1, -0.05) is 30.3 Å². The average Bonchev–Trinajstić information content (AvgIpc) is 2.72. The van der Waals surface area contributed by atoms with Crippen LogP contribution >= 0.6 is 0 Å². The molecule has 2 aromatic rings. The fourth-order valence-corrected chi connectivity index (χ4v) is 4.43. The van der Waals surface area contributed by atoms with Gasteiger partial charge < -0.3 is 14.4 Å². The summed E-state index contributed by atoms with van der Waals surface area (Å²) in [5.41, 5.74) is 1.03. The zero-order chi connectivity index (χ0) is 20.1. The van der Waals surface area contributed by atoms with E-state index in [1.54, 1.807) is 0 Å². The molecule has 2 aromatic carbocycles. The molecule has 7 nitrogen and oxygen atoms in total. The summed E-state index contributed by atoms with van der Waals surface area (Å²) >= 11 is 0. The maximum Gasteiger partial charge on any atom is 0.341 e. The van der Waals surface area contributed by atoms with Gasteiger partial charge in [-0.25, -0.2) is 13.2 Å². The summed E-state index contributed by atoms with van der Waals surface area (Å²) in [7, 11) is -0.479. The fraction of sp³-hybridized carbons (Fsp3) is 0.350. The molecule has 1 saturated heterocycles. The Morgan fingerprint density at radius 3 is 2.36 bits per heavy atom. The minimum absolute atomic E-state index is 0.0597. The molecule has 0 spiro atoms. The van der Waals surface area contributed by atoms with Crippen molar-refractivity contribution in [2.24, 2.45) is 0 Å². The van der Waals surface area contributed by atoms with E-state index in [0.717, 1.165) is 5.56 Å². The normalized spacial score (nSPS) is 15.9. The zero-order valence-corrected chi connectivity index (χ0v) is 16.8. The van der Waals surface area contributed by atoms with Crippen LogP contribution in [0.15, 0.2) is 53.4 Å². The third-order valence-electron chi connectivity index (χ3n) is 4.69. The molecular weight excluding hydrogens is 380 g/mol. The summed E-state index contributed by atoms with van der Waals surface area (Å²) in [6.07, 6.45) is 0. The Morgan fingerprint density at radius 1 is 1.04 bits per heavy atom. The van der Waals surface area contributed by atoms with Gasteiger partial charge >= 0.3 is 5.97 Å². The monoisotopic (exact) mass is 404 g/mol. The van der Waals surface area contributed by atoms with Crippen LogP contribution in [0.3, 0.4) is 0 Å². The molecule has 3 rings (SSSR count). The number of likely N-dealkylation sites (N-methyl/N-ethyl adjacent to an activating group) is 1. The largest absolute Gasteiger partial charge is 0.488 e. The van der Waals surface area contributed by atoms with E-state index in [9.17, 15) is 13.2 Å². The number of hydrogen-bond donors (Lipinski definition) is 0. The SMILES string of the molecule is COC(=O)c1cc(S(=O)(=O)N2CCN(C)CC2)ccc1OCc1ccccc1. The van der Waals surface area contributed by atoms with Gasteiger partial charge in [0.15, 0.2) is 0 Å². The number of nitrogens with zero attached hydrogens (tertiary/aromatic N) is 2. The summed E-state index contributed by atoms with van der Waals surface area (Å²) in [4.78, 5) is 14.4. The van der Waals surface area contributed by atoms with E-state index in [4.69, 9.17) is 9.47 Å². The molecule has 0 aromatic heterocycles. The first kappa shape index (κ1) is 20.3. The highest BCUT2D eigenvalue weighted by atomic mass is 32.2. The van der Waals surface area contributed by atoms with Crippen LogP contribution in [0.25, 0.3) is 0 Å². The van der Waals surface area contributed by atoms with Crippen molar-refractivity contribution in [3.63, 3.8) is 0 Å². The van der Waals surface area contributed by atoms with Crippen molar-refractivity contribution in [2.45, 2.75) is 11.5 Å². The molecule has 1 aliphatic rings. The summed E-state index contributed by atoms with van der Waals surface area (Å²) in [5, 5.41) is 0. The molecule has 0 amide bonds. The van der Waals surface area contributed by atoms with Crippen LogP contribution in [0.5, 0.6) is 5.75 Å². The molecule has 150 valence electrons. The highest BCUT2D eigenvalue weighted by molar-refractivity contribution is 7.89. The highest BCUT2D eigenvalue weighted by Gasteiger charge is 2.29. The van der Waals surface area contributed by atoms with Crippen molar-refractivity contribution in [3.05, 3.63) is 59.7 Å². The Labute approximate surface area is 165 Å². The van der Waals surface area contributed by atoms with Gasteiger partial charge in [-0.3, -0.25) is 0 Å². The smallest absolute Gasteiger partial charge is 0.341 e. The van der Waals surface area contributed by atoms with E-state index in [1.807, 2.05) is 37.4 Å². The lowest BCUT2D eigenvalue weighted by Crippen LogP contribution is -2.47. The third-order valence-corrected chi connectivity index (χ3v) is 6.59. The number of esters is 1. The van der Waals surface area contributed by atoms with Gasteiger partial charge in [-0.15, -0.1) is 0 Å². The molecule has 1 fully saturated rings. The second kappa shape index (κ2) is 8.72. The number of methoxy groups -OCH3 is 1. The lowest BCUT2D eigenvalue weighted by Gasteiger charge is -2.31. The maximum atomic E-state index is 13.0. The minimum atomic E-state index is -3.69. The number of piperazine rings is 1. The van der Waals surface area contributed by atoms with E-state index in [0.29, 0.717) is 26.2 Å². The summed E-state index contributed by atoms with van der Waals surface area (Å²) < 4.78 is 37.9. The summed E-state index contributed by atoms with van der Waals surface area (Å²) in [5.74, 6) is -0.355. The van der Waals surface area contributed by atoms with Crippen LogP contribution in [-0.4, -0.2) is 63.9 Å². The summed E-state index contributed by atoms with van der Waals surface area (Å²) in [6.45, 7) is 2.43. The molecule has 28 heavy (non-hydrogen) atoms. The van der Waals surface area contributed by atoms with Crippen molar-refractivity contribution in [3.8, 4) is 5.75 Å². The van der Waals surface area contributed by atoms with Crippen LogP contribution in [0.4, 0.5) is 0 Å². The number of ether oxygens (including phenoxy) is 2. The molecule has 0 bridgehead atoms. The Bertz CT molecular complexity index is 923. The van der Waals surface area contributed by atoms with E-state index in [-0.39, 0.29) is 22.8 Å². The van der Waals surface area contributed by atoms with E-state index < -0.39 is 16.0 Å². The Hall–Kier alpha value is -2.42. The molecule has 0 saturated carbocycles. The first-order valence-corrected chi connectivity index (χ1v) is 10.4. The van der Waals surface area contributed by atoms with E-state index in [2.05, 4.69) is 4.90 Å². The molecule has 1 heterocycles. The topological polar surface area (TPSA) is 76.2 Å². The number of rotatable bonds is 6. The summed E-state index contributed by atoms with van der Waals surface area (Å²) in [6, 6.07) is 13.8. The van der Waals surface area contributed by atoms with Crippen molar-refractivity contribution in [1.29, 1.82) is 0 Å². The van der Waals surface area contributed by atoms with Gasteiger partial charge in [0.05, 0.1) is 12.0 Å². The van der Waals surface area contributed by atoms with Gasteiger partial charge in [0, 0.05) is 26.2 Å². The van der Waals surface area contributed by atoms with Crippen molar-refractivity contribution < 1.29 is 22.7 Å². The van der Waals surface area contributed by atoms with Crippen molar-refractivity contribution >= 4 is 16.0 Å². The first-order valence-electron chi connectivity index (χ1n) is 8.99. The molecule has 1 aliphatic heterocycles. The maximum absolute atomic E-state index is 13.0. The van der Waals surface area contributed by atoms with Crippen LogP contribution in [-0.2, 0) is 21.4 Å². The lowest BCUT2D eigenvalue weighted by molar-refractivity contribution is 0.0595. The van der Waals surface area contributed by atoms with Gasteiger partial charge in [-0.05, 0) is 30.8 Å². The standard InChI is InChI=1S/C20H24N2O5S/c1-21-10-12-22(13-11-21)28(24,25)17-8-9-19(18(14-17)20(23)26-2)27-15-16-6-4-3-5-7-16/h3-9,14H,10-13,15H2,1-2H3. The molecule has 0 aliphatic carbocycles. The van der Waals surface area contributed by atoms with Gasteiger partial charge in [0.1, 0.15) is 17.9 Å². The Balaban J connectivity index is 1.86. The Morgan fingerprint density at radius 2 is 1.71 bits per heavy atom. The first-order chi connectivity index (χ1) is 13.4. The molecule has 0 N–H and O–H groups in total. The predicted molar refractivity (Wildman–Crippen MR) is 105 cm³/mol. The number of hydrogen-bond acceptors (Lipinski definition) is 6. The van der Waals surface area contributed by atoms with Gasteiger partial charge in [0.2, 0.25) is 10.0 Å². The number of sulfonamides is 1. The Kier molecular flexibility index (Phi) is 6.33. The van der Waals surface area contributed by atoms with Crippen LogP contribution in [0.1, 0.15) is 15.9 Å². The van der Waals surface area contributed by atoms with E-state index >= 15 is 0 Å². The molecule has 0 atom stereocenters. The number of carbonyl (C=O) groups excluding carboxylic acids is 1. The molecule has 8 heteroatoms. The zero-order valence-electron chi connectivity index (χ0n) is 16.0. The average molecular weight is 404 g/mol. The molecular formula is C20H24N2O5S.